The van der Waals surface area contributed by atoms with Crippen LogP contribution in [0.5, 0.6) is 5.75 Å². The molecule has 0 aliphatic rings. The Morgan fingerprint density at radius 1 is 0.920 bits per heavy atom. The summed E-state index contributed by atoms with van der Waals surface area (Å²) in [5.41, 5.74) is 0.483. The number of carbonyl (C=O) groups excluding carboxylic acids is 1. The van der Waals surface area contributed by atoms with Crippen molar-refractivity contribution < 1.29 is 9.53 Å². The fourth-order valence-electron chi connectivity index (χ4n) is 2.52. The molecular formula is C22H37NO2. The summed E-state index contributed by atoms with van der Waals surface area (Å²) < 4.78 is 5.79. The first-order chi connectivity index (χ1) is 12.0. The molecule has 1 aromatic carbocycles. The van der Waals surface area contributed by atoms with Gasteiger partial charge in [0.15, 0.2) is 0 Å². The Morgan fingerprint density at radius 2 is 1.48 bits per heavy atom. The minimum absolute atomic E-state index is 0.0580. The van der Waals surface area contributed by atoms with Crippen molar-refractivity contribution in [1.29, 1.82) is 0 Å². The van der Waals surface area contributed by atoms with Gasteiger partial charge >= 0.3 is 0 Å². The summed E-state index contributed by atoms with van der Waals surface area (Å²) in [6.45, 7) is 8.97. The van der Waals surface area contributed by atoms with E-state index in [1.54, 1.807) is 0 Å². The second-order valence-corrected chi connectivity index (χ2v) is 7.54. The van der Waals surface area contributed by atoms with Crippen LogP contribution in [0.2, 0.25) is 0 Å². The van der Waals surface area contributed by atoms with E-state index in [-0.39, 0.29) is 11.3 Å². The lowest BCUT2D eigenvalue weighted by molar-refractivity contribution is -0.124. The molecule has 0 aliphatic carbocycles. The lowest BCUT2D eigenvalue weighted by Crippen LogP contribution is -2.29. The van der Waals surface area contributed by atoms with Crippen LogP contribution in [0.15, 0.2) is 24.3 Å². The van der Waals surface area contributed by atoms with E-state index in [9.17, 15) is 4.79 Å². The third-order valence-corrected chi connectivity index (χ3v) is 4.88. The maximum Gasteiger partial charge on any atom is 0.230 e. The molecule has 0 fully saturated rings. The molecule has 0 saturated carbocycles. The van der Waals surface area contributed by atoms with E-state index in [0.717, 1.165) is 30.9 Å². The largest absolute Gasteiger partial charge is 0.494 e. The van der Waals surface area contributed by atoms with Crippen molar-refractivity contribution in [2.24, 2.45) is 5.41 Å². The molecule has 0 bridgehead atoms. The zero-order valence-corrected chi connectivity index (χ0v) is 16.7. The van der Waals surface area contributed by atoms with Gasteiger partial charge in [0.05, 0.1) is 6.61 Å². The lowest BCUT2D eigenvalue weighted by Gasteiger charge is -2.21. The van der Waals surface area contributed by atoms with Gasteiger partial charge in [-0.25, -0.2) is 0 Å². The number of unbranched alkanes of at least 4 members (excludes halogenated alkanes) is 7. The first kappa shape index (κ1) is 21.5. The van der Waals surface area contributed by atoms with Crippen molar-refractivity contribution >= 4 is 11.6 Å². The predicted molar refractivity (Wildman–Crippen MR) is 107 cm³/mol. The number of benzene rings is 1. The van der Waals surface area contributed by atoms with Gasteiger partial charge in [0.25, 0.3) is 0 Å². The highest BCUT2D eigenvalue weighted by molar-refractivity contribution is 5.94. The van der Waals surface area contributed by atoms with Gasteiger partial charge in [-0.2, -0.15) is 0 Å². The third kappa shape index (κ3) is 8.94. The summed E-state index contributed by atoms with van der Waals surface area (Å²) in [4.78, 5) is 12.2. The SMILES string of the molecule is CCCCCCCCCCOc1ccc(NC(=O)C(C)(C)CC)cc1. The van der Waals surface area contributed by atoms with Gasteiger partial charge < -0.3 is 10.1 Å². The number of rotatable bonds is 13. The number of anilines is 1. The van der Waals surface area contributed by atoms with E-state index < -0.39 is 0 Å². The summed E-state index contributed by atoms with van der Waals surface area (Å²) in [6.07, 6.45) is 11.3. The van der Waals surface area contributed by atoms with Crippen LogP contribution in [-0.2, 0) is 4.79 Å². The van der Waals surface area contributed by atoms with Crippen LogP contribution in [0.1, 0.15) is 85.5 Å². The van der Waals surface area contributed by atoms with Gasteiger partial charge in [0, 0.05) is 11.1 Å². The van der Waals surface area contributed by atoms with Gasteiger partial charge in [-0.3, -0.25) is 4.79 Å². The summed E-state index contributed by atoms with van der Waals surface area (Å²) in [5, 5.41) is 2.97. The van der Waals surface area contributed by atoms with Crippen LogP contribution in [0.4, 0.5) is 5.69 Å². The molecule has 1 N–H and O–H groups in total. The van der Waals surface area contributed by atoms with E-state index in [2.05, 4.69) is 12.2 Å². The number of nitrogens with one attached hydrogen (secondary N) is 1. The third-order valence-electron chi connectivity index (χ3n) is 4.88. The van der Waals surface area contributed by atoms with Crippen LogP contribution >= 0.6 is 0 Å². The maximum atomic E-state index is 12.2. The quantitative estimate of drug-likeness (QED) is 0.409. The molecule has 0 atom stereocenters. The van der Waals surface area contributed by atoms with Crippen molar-refractivity contribution in [3.8, 4) is 5.75 Å². The van der Waals surface area contributed by atoms with E-state index in [1.165, 1.54) is 44.9 Å². The van der Waals surface area contributed by atoms with Crippen LogP contribution in [0.25, 0.3) is 0 Å². The van der Waals surface area contributed by atoms with Gasteiger partial charge in [-0.1, -0.05) is 72.6 Å². The smallest absolute Gasteiger partial charge is 0.230 e. The molecule has 3 heteroatoms. The standard InChI is InChI=1S/C22H37NO2/c1-5-7-8-9-10-11-12-13-18-25-20-16-14-19(15-17-20)23-21(24)22(3,4)6-2/h14-17H,5-13,18H2,1-4H3,(H,23,24). The van der Waals surface area contributed by atoms with E-state index in [4.69, 9.17) is 4.74 Å². The fraction of sp³-hybridized carbons (Fsp3) is 0.682. The number of hydrogen-bond acceptors (Lipinski definition) is 2. The van der Waals surface area contributed by atoms with Crippen molar-refractivity contribution in [2.75, 3.05) is 11.9 Å². The monoisotopic (exact) mass is 347 g/mol. The fourth-order valence-corrected chi connectivity index (χ4v) is 2.52. The Bertz CT molecular complexity index is 479. The Balaban J connectivity index is 2.19. The minimum atomic E-state index is -0.342. The van der Waals surface area contributed by atoms with Gasteiger partial charge in [-0.15, -0.1) is 0 Å². The summed E-state index contributed by atoms with van der Waals surface area (Å²) in [5.74, 6) is 0.929. The first-order valence-corrected chi connectivity index (χ1v) is 10.0. The normalized spacial score (nSPS) is 11.4. The highest BCUT2D eigenvalue weighted by Gasteiger charge is 2.25. The Morgan fingerprint density at radius 3 is 2.04 bits per heavy atom. The number of carbonyl (C=O) groups is 1. The predicted octanol–water partition coefficient (Wildman–Crippen LogP) is 6.58. The van der Waals surface area contributed by atoms with Crippen LogP contribution < -0.4 is 10.1 Å². The molecule has 0 aliphatic heterocycles. The Kier molecular flexibility index (Phi) is 10.3. The van der Waals surface area contributed by atoms with Gasteiger partial charge in [0.1, 0.15) is 5.75 Å². The molecule has 142 valence electrons. The first-order valence-electron chi connectivity index (χ1n) is 10.0. The van der Waals surface area contributed by atoms with E-state index in [0.29, 0.717) is 0 Å². The molecular weight excluding hydrogens is 310 g/mol. The van der Waals surface area contributed by atoms with Crippen molar-refractivity contribution in [2.45, 2.75) is 85.5 Å². The second kappa shape index (κ2) is 11.9. The molecule has 0 spiro atoms. The molecule has 1 aromatic rings. The zero-order valence-electron chi connectivity index (χ0n) is 16.7. The molecule has 1 rings (SSSR count). The average molecular weight is 348 g/mol. The van der Waals surface area contributed by atoms with Gasteiger partial charge in [-0.05, 0) is 37.1 Å². The van der Waals surface area contributed by atoms with Crippen molar-refractivity contribution in [3.05, 3.63) is 24.3 Å². The summed E-state index contributed by atoms with van der Waals surface area (Å²) >= 11 is 0. The maximum absolute atomic E-state index is 12.2. The van der Waals surface area contributed by atoms with E-state index in [1.807, 2.05) is 45.0 Å². The average Bonchev–Trinajstić information content (AvgIpc) is 2.61. The molecule has 3 nitrogen and oxygen atoms in total. The van der Waals surface area contributed by atoms with Crippen LogP contribution in [0, 0.1) is 5.41 Å². The highest BCUT2D eigenvalue weighted by Crippen LogP contribution is 2.23. The molecule has 0 unspecified atom stereocenters. The number of hydrogen-bond donors (Lipinski definition) is 1. The van der Waals surface area contributed by atoms with Crippen molar-refractivity contribution in [1.82, 2.24) is 0 Å². The number of amides is 1. The summed E-state index contributed by atoms with van der Waals surface area (Å²) in [6, 6.07) is 7.68. The zero-order chi connectivity index (χ0) is 18.5. The number of ether oxygens (including phenoxy) is 1. The topological polar surface area (TPSA) is 38.3 Å². The van der Waals surface area contributed by atoms with E-state index >= 15 is 0 Å². The molecule has 0 heterocycles. The highest BCUT2D eigenvalue weighted by atomic mass is 16.5. The Hall–Kier alpha value is -1.51. The molecule has 0 radical (unpaired) electrons. The minimum Gasteiger partial charge on any atom is -0.494 e. The van der Waals surface area contributed by atoms with Crippen LogP contribution in [-0.4, -0.2) is 12.5 Å². The lowest BCUT2D eigenvalue weighted by atomic mass is 9.89. The Labute approximate surface area is 154 Å². The van der Waals surface area contributed by atoms with Crippen molar-refractivity contribution in [3.63, 3.8) is 0 Å². The summed E-state index contributed by atoms with van der Waals surface area (Å²) in [7, 11) is 0. The second-order valence-electron chi connectivity index (χ2n) is 7.54. The van der Waals surface area contributed by atoms with Crippen LogP contribution in [0.3, 0.4) is 0 Å². The molecule has 25 heavy (non-hydrogen) atoms. The molecule has 0 aromatic heterocycles. The van der Waals surface area contributed by atoms with Gasteiger partial charge in [0.2, 0.25) is 5.91 Å². The molecule has 0 saturated heterocycles. The molecule has 1 amide bonds.